The highest BCUT2D eigenvalue weighted by Crippen LogP contribution is 2.13. The van der Waals surface area contributed by atoms with Crippen molar-refractivity contribution in [2.24, 2.45) is 5.73 Å². The van der Waals surface area contributed by atoms with Gasteiger partial charge in [0.1, 0.15) is 5.82 Å². The van der Waals surface area contributed by atoms with E-state index in [1.54, 1.807) is 25.1 Å². The Balaban J connectivity index is 2.63. The van der Waals surface area contributed by atoms with Crippen molar-refractivity contribution >= 4 is 5.91 Å². The average Bonchev–Trinajstić information content (AvgIpc) is 2.29. The van der Waals surface area contributed by atoms with Crippen molar-refractivity contribution in [1.82, 2.24) is 5.32 Å². The zero-order valence-corrected chi connectivity index (χ0v) is 9.82. The third-order valence-electron chi connectivity index (χ3n) is 2.46. The topological polar surface area (TPSA) is 55.1 Å². The van der Waals surface area contributed by atoms with Crippen LogP contribution in [0, 0.1) is 5.82 Å². The molecule has 0 heterocycles. The van der Waals surface area contributed by atoms with Gasteiger partial charge in [0.15, 0.2) is 0 Å². The molecule has 1 amide bonds. The molecule has 0 fully saturated rings. The van der Waals surface area contributed by atoms with Crippen LogP contribution in [0.1, 0.15) is 24.9 Å². The van der Waals surface area contributed by atoms with Crippen LogP contribution in [0.3, 0.4) is 0 Å². The van der Waals surface area contributed by atoms with Gasteiger partial charge >= 0.3 is 0 Å². The van der Waals surface area contributed by atoms with Crippen molar-refractivity contribution in [2.45, 2.75) is 25.4 Å². The van der Waals surface area contributed by atoms with Gasteiger partial charge in [-0.1, -0.05) is 18.2 Å². The number of nitrogens with two attached hydrogens (primary N) is 1. The van der Waals surface area contributed by atoms with E-state index in [-0.39, 0.29) is 17.8 Å². The summed E-state index contributed by atoms with van der Waals surface area (Å²) in [6, 6.07) is 5.24. The Morgan fingerprint density at radius 2 is 2.35 bits per heavy atom. The van der Waals surface area contributed by atoms with Crippen molar-refractivity contribution in [2.75, 3.05) is 0 Å². The Hall–Kier alpha value is -1.68. The summed E-state index contributed by atoms with van der Waals surface area (Å²) in [7, 11) is 0. The summed E-state index contributed by atoms with van der Waals surface area (Å²) in [5, 5.41) is 2.73. The molecule has 1 rings (SSSR count). The van der Waals surface area contributed by atoms with Crippen LogP contribution in [0.25, 0.3) is 0 Å². The van der Waals surface area contributed by atoms with Crippen LogP contribution in [0.2, 0.25) is 0 Å². The summed E-state index contributed by atoms with van der Waals surface area (Å²) in [5.74, 6) is -0.583. The molecule has 3 nitrogen and oxygen atoms in total. The van der Waals surface area contributed by atoms with Gasteiger partial charge in [-0.2, -0.15) is 0 Å². The highest BCUT2D eigenvalue weighted by atomic mass is 19.1. The van der Waals surface area contributed by atoms with E-state index in [0.29, 0.717) is 12.0 Å². The Bertz CT molecular complexity index is 406. The fourth-order valence-corrected chi connectivity index (χ4v) is 1.47. The molecule has 1 aromatic rings. The number of halogens is 1. The molecule has 1 unspecified atom stereocenters. The molecule has 0 spiro atoms. The lowest BCUT2D eigenvalue weighted by molar-refractivity contribution is -0.122. The molecule has 2 atom stereocenters. The van der Waals surface area contributed by atoms with E-state index < -0.39 is 6.04 Å². The molecule has 4 heteroatoms. The third-order valence-corrected chi connectivity index (χ3v) is 2.46. The smallest absolute Gasteiger partial charge is 0.237 e. The average molecular weight is 236 g/mol. The van der Waals surface area contributed by atoms with Gasteiger partial charge in [-0.3, -0.25) is 4.79 Å². The van der Waals surface area contributed by atoms with Gasteiger partial charge in [0.05, 0.1) is 12.1 Å². The maximum atomic E-state index is 13.0. The lowest BCUT2D eigenvalue weighted by Gasteiger charge is -2.17. The van der Waals surface area contributed by atoms with E-state index in [4.69, 9.17) is 5.73 Å². The Labute approximate surface area is 101 Å². The van der Waals surface area contributed by atoms with E-state index in [1.165, 1.54) is 12.1 Å². The quantitative estimate of drug-likeness (QED) is 0.767. The van der Waals surface area contributed by atoms with Crippen LogP contribution in [0.4, 0.5) is 4.39 Å². The highest BCUT2D eigenvalue weighted by molar-refractivity contribution is 5.82. The Kier molecular flexibility index (Phi) is 4.84. The molecular weight excluding hydrogens is 219 g/mol. The molecule has 0 saturated heterocycles. The molecule has 0 radical (unpaired) electrons. The van der Waals surface area contributed by atoms with E-state index in [9.17, 15) is 9.18 Å². The number of hydrogen-bond donors (Lipinski definition) is 2. The molecule has 17 heavy (non-hydrogen) atoms. The van der Waals surface area contributed by atoms with Gasteiger partial charge in [-0.25, -0.2) is 4.39 Å². The minimum atomic E-state index is -0.608. The van der Waals surface area contributed by atoms with Gasteiger partial charge in [0.25, 0.3) is 0 Å². The Morgan fingerprint density at radius 3 is 2.94 bits per heavy atom. The molecule has 0 aliphatic heterocycles. The van der Waals surface area contributed by atoms with Crippen LogP contribution in [0.15, 0.2) is 36.9 Å². The van der Waals surface area contributed by atoms with Crippen LogP contribution in [0.5, 0.6) is 0 Å². The number of hydrogen-bond acceptors (Lipinski definition) is 2. The van der Waals surface area contributed by atoms with Gasteiger partial charge in [0, 0.05) is 0 Å². The van der Waals surface area contributed by atoms with Crippen LogP contribution >= 0.6 is 0 Å². The predicted molar refractivity (Wildman–Crippen MR) is 65.7 cm³/mol. The minimum Gasteiger partial charge on any atom is -0.348 e. The summed E-state index contributed by atoms with van der Waals surface area (Å²) in [6.07, 6.45) is 2.01. The van der Waals surface area contributed by atoms with Crippen LogP contribution < -0.4 is 11.1 Å². The number of nitrogens with one attached hydrogen (secondary N) is 1. The van der Waals surface area contributed by atoms with E-state index in [2.05, 4.69) is 11.9 Å². The number of carbonyl (C=O) groups is 1. The van der Waals surface area contributed by atoms with Gasteiger partial charge in [0.2, 0.25) is 5.91 Å². The normalized spacial score (nSPS) is 13.8. The number of amides is 1. The minimum absolute atomic E-state index is 0.262. The molecule has 0 aliphatic rings. The van der Waals surface area contributed by atoms with E-state index >= 15 is 0 Å². The fourth-order valence-electron chi connectivity index (χ4n) is 1.47. The second-order valence-electron chi connectivity index (χ2n) is 3.92. The van der Waals surface area contributed by atoms with Crippen molar-refractivity contribution in [3.63, 3.8) is 0 Å². The molecule has 0 saturated carbocycles. The van der Waals surface area contributed by atoms with Crippen LogP contribution in [-0.4, -0.2) is 11.9 Å². The first-order valence-electron chi connectivity index (χ1n) is 5.47. The molecule has 1 aromatic carbocycles. The monoisotopic (exact) mass is 236 g/mol. The predicted octanol–water partition coefficient (Wildman–Crippen LogP) is 1.91. The molecule has 92 valence electrons. The van der Waals surface area contributed by atoms with Crippen LogP contribution in [-0.2, 0) is 4.79 Å². The van der Waals surface area contributed by atoms with Gasteiger partial charge < -0.3 is 11.1 Å². The zero-order chi connectivity index (χ0) is 12.8. The summed E-state index contributed by atoms with van der Waals surface area (Å²) in [6.45, 7) is 5.31. The molecule has 3 N–H and O–H groups in total. The maximum Gasteiger partial charge on any atom is 0.237 e. The first-order chi connectivity index (χ1) is 8.04. The Morgan fingerprint density at radius 1 is 1.65 bits per heavy atom. The van der Waals surface area contributed by atoms with Gasteiger partial charge in [-0.15, -0.1) is 6.58 Å². The zero-order valence-electron chi connectivity index (χ0n) is 9.82. The highest BCUT2D eigenvalue weighted by Gasteiger charge is 2.15. The maximum absolute atomic E-state index is 13.0. The summed E-state index contributed by atoms with van der Waals surface area (Å²) in [4.78, 5) is 11.6. The second kappa shape index (κ2) is 6.15. The summed E-state index contributed by atoms with van der Waals surface area (Å²) >= 11 is 0. The number of benzene rings is 1. The van der Waals surface area contributed by atoms with Crippen molar-refractivity contribution in [3.8, 4) is 0 Å². The molecular formula is C13H17FN2O. The molecule has 0 bridgehead atoms. The van der Waals surface area contributed by atoms with E-state index in [1.807, 2.05) is 0 Å². The molecule has 0 aromatic heterocycles. The van der Waals surface area contributed by atoms with E-state index in [0.717, 1.165) is 0 Å². The third kappa shape index (κ3) is 4.00. The second-order valence-corrected chi connectivity index (χ2v) is 3.92. The molecule has 0 aliphatic carbocycles. The first-order valence-corrected chi connectivity index (χ1v) is 5.47. The fraction of sp³-hybridized carbons (Fsp3) is 0.308. The largest absolute Gasteiger partial charge is 0.348 e. The first kappa shape index (κ1) is 13.4. The number of carbonyl (C=O) groups excluding carboxylic acids is 1. The number of rotatable bonds is 5. The summed E-state index contributed by atoms with van der Waals surface area (Å²) in [5.41, 5.74) is 6.34. The standard InChI is InChI=1S/C13H17FN2O/c1-3-5-12(15)13(17)16-9(2)10-6-4-7-11(14)8-10/h3-4,6-9,12H,1,5,15H2,2H3,(H,16,17)/t9-,12?/m1/s1. The van der Waals surface area contributed by atoms with Gasteiger partial charge in [-0.05, 0) is 31.0 Å². The van der Waals surface area contributed by atoms with Crippen molar-refractivity contribution in [3.05, 3.63) is 48.3 Å². The SMILES string of the molecule is C=CCC(N)C(=O)N[C@H](C)c1cccc(F)c1. The summed E-state index contributed by atoms with van der Waals surface area (Å²) < 4.78 is 13.0. The van der Waals surface area contributed by atoms with Crippen molar-refractivity contribution < 1.29 is 9.18 Å². The lowest BCUT2D eigenvalue weighted by Crippen LogP contribution is -2.41. The van der Waals surface area contributed by atoms with Crippen molar-refractivity contribution in [1.29, 1.82) is 0 Å². The lowest BCUT2D eigenvalue weighted by atomic mass is 10.1.